The molecule has 1 atom stereocenters. The molecule has 0 aliphatic rings. The van der Waals surface area contributed by atoms with Crippen LogP contribution in [-0.4, -0.2) is 41.0 Å². The molecule has 88 valence electrons. The Morgan fingerprint density at radius 2 is 1.93 bits per heavy atom. The number of aliphatic carboxylic acids is 1. The maximum absolute atomic E-state index is 11.9. The van der Waals surface area contributed by atoms with Crippen molar-refractivity contribution in [2.45, 2.75) is 11.6 Å². The molecule has 0 rings (SSSR count). The van der Waals surface area contributed by atoms with E-state index in [1.54, 1.807) is 5.32 Å². The van der Waals surface area contributed by atoms with Crippen LogP contribution in [0.2, 0.25) is 0 Å². The number of nitrogens with one attached hydrogen (secondary N) is 1. The lowest BCUT2D eigenvalue weighted by Gasteiger charge is -2.10. The number of amides is 1. The van der Waals surface area contributed by atoms with Crippen LogP contribution in [0.5, 0.6) is 0 Å². The number of carboxylic acid groups (broad SMARTS) is 1. The average Bonchev–Trinajstić information content (AvgIpc) is 2.09. The molecule has 0 fully saturated rings. The third-order valence-corrected chi connectivity index (χ3v) is 1.89. The van der Waals surface area contributed by atoms with Crippen LogP contribution in [0, 0.1) is 0 Å². The van der Waals surface area contributed by atoms with Crippen molar-refractivity contribution in [3.05, 3.63) is 0 Å². The number of thioether (sulfide) groups is 1. The summed E-state index contributed by atoms with van der Waals surface area (Å²) in [6.45, 7) is -1.38. The van der Waals surface area contributed by atoms with Crippen LogP contribution in [0.15, 0.2) is 0 Å². The van der Waals surface area contributed by atoms with Gasteiger partial charge in [0.15, 0.2) is 6.04 Å². The van der Waals surface area contributed by atoms with E-state index in [0.717, 1.165) is 0 Å². The van der Waals surface area contributed by atoms with E-state index >= 15 is 0 Å². The van der Waals surface area contributed by atoms with Crippen molar-refractivity contribution in [3.63, 3.8) is 0 Å². The van der Waals surface area contributed by atoms with E-state index in [-0.39, 0.29) is 0 Å². The lowest BCUT2D eigenvalue weighted by molar-refractivity contribution is -0.141. The average molecular weight is 249 g/mol. The highest BCUT2D eigenvalue weighted by molar-refractivity contribution is 8.00. The highest BCUT2D eigenvalue weighted by atomic mass is 32.2. The van der Waals surface area contributed by atoms with Crippen LogP contribution in [0.4, 0.5) is 17.6 Å². The smallest absolute Gasteiger partial charge is 0.442 e. The molecule has 9 heteroatoms. The highest BCUT2D eigenvalue weighted by Gasteiger charge is 2.30. The van der Waals surface area contributed by atoms with E-state index in [1.807, 2.05) is 0 Å². The first-order valence-electron chi connectivity index (χ1n) is 3.55. The summed E-state index contributed by atoms with van der Waals surface area (Å²) in [6.07, 6.45) is 0. The van der Waals surface area contributed by atoms with Crippen molar-refractivity contribution in [1.82, 2.24) is 5.32 Å². The topological polar surface area (TPSA) is 66.4 Å². The van der Waals surface area contributed by atoms with E-state index in [2.05, 4.69) is 0 Å². The Labute approximate surface area is 86.0 Å². The second-order valence-electron chi connectivity index (χ2n) is 2.35. The summed E-state index contributed by atoms with van der Waals surface area (Å²) in [6, 6.07) is -1.80. The van der Waals surface area contributed by atoms with E-state index in [1.165, 1.54) is 0 Å². The van der Waals surface area contributed by atoms with Crippen LogP contribution < -0.4 is 5.32 Å². The van der Waals surface area contributed by atoms with Crippen molar-refractivity contribution < 1.29 is 32.3 Å². The summed E-state index contributed by atoms with van der Waals surface area (Å²) < 4.78 is 46.7. The lowest BCUT2D eigenvalue weighted by Crippen LogP contribution is -2.43. The Morgan fingerprint density at radius 1 is 1.40 bits per heavy atom. The lowest BCUT2D eigenvalue weighted by atomic mass is 10.3. The zero-order chi connectivity index (χ0) is 12.1. The predicted molar refractivity (Wildman–Crippen MR) is 44.1 cm³/mol. The van der Waals surface area contributed by atoms with E-state index in [9.17, 15) is 27.2 Å². The van der Waals surface area contributed by atoms with Gasteiger partial charge in [0.1, 0.15) is 6.67 Å². The fraction of sp³-hybridized carbons (Fsp3) is 0.667. The Morgan fingerprint density at radius 3 is 2.27 bits per heavy atom. The number of carbonyl (C=O) groups excluding carboxylic acids is 1. The first kappa shape index (κ1) is 14.0. The second-order valence-corrected chi connectivity index (χ2v) is 3.39. The van der Waals surface area contributed by atoms with Crippen molar-refractivity contribution in [3.8, 4) is 0 Å². The summed E-state index contributed by atoms with van der Waals surface area (Å²) in [5.41, 5.74) is -4.58. The fourth-order valence-electron chi connectivity index (χ4n) is 0.550. The Kier molecular flexibility index (Phi) is 5.40. The van der Waals surface area contributed by atoms with Gasteiger partial charge in [0.25, 0.3) is 0 Å². The van der Waals surface area contributed by atoms with Crippen molar-refractivity contribution in [1.29, 1.82) is 0 Å². The quantitative estimate of drug-likeness (QED) is 0.706. The Bertz CT molecular complexity index is 245. The molecule has 0 heterocycles. The minimum absolute atomic E-state index is 0.622. The van der Waals surface area contributed by atoms with Gasteiger partial charge in [-0.1, -0.05) is 0 Å². The van der Waals surface area contributed by atoms with Gasteiger partial charge in [0, 0.05) is 0 Å². The molecule has 0 aliphatic carbocycles. The molecular formula is C6H7F4NO3S. The molecule has 2 N–H and O–H groups in total. The van der Waals surface area contributed by atoms with Gasteiger partial charge in [-0.2, -0.15) is 13.2 Å². The molecule has 0 saturated carbocycles. The number of alkyl halides is 4. The zero-order valence-corrected chi connectivity index (χ0v) is 7.99. The summed E-state index contributed by atoms with van der Waals surface area (Å²) in [5, 5.41) is 9.87. The van der Waals surface area contributed by atoms with Gasteiger partial charge in [-0.25, -0.2) is 9.18 Å². The van der Waals surface area contributed by atoms with Crippen LogP contribution in [0.25, 0.3) is 0 Å². The highest BCUT2D eigenvalue weighted by Crippen LogP contribution is 2.29. The van der Waals surface area contributed by atoms with Gasteiger partial charge in [-0.05, 0) is 11.8 Å². The molecular weight excluding hydrogens is 242 g/mol. The summed E-state index contributed by atoms with van der Waals surface area (Å²) in [7, 11) is 0. The molecule has 0 aromatic carbocycles. The molecule has 0 bridgehead atoms. The molecule has 0 spiro atoms. The largest absolute Gasteiger partial charge is 0.480 e. The Hall–Kier alpha value is -0.990. The summed E-state index contributed by atoms with van der Waals surface area (Å²) in [4.78, 5) is 20.9. The minimum atomic E-state index is -4.58. The maximum atomic E-state index is 11.9. The number of halogens is 4. The molecule has 4 nitrogen and oxygen atoms in total. The third kappa shape index (κ3) is 7.00. The second kappa shape index (κ2) is 5.79. The zero-order valence-electron chi connectivity index (χ0n) is 7.18. The molecule has 1 unspecified atom stereocenters. The molecule has 0 aliphatic heterocycles. The van der Waals surface area contributed by atoms with Crippen molar-refractivity contribution in [2.24, 2.45) is 0 Å². The van der Waals surface area contributed by atoms with Crippen LogP contribution in [-0.2, 0) is 9.59 Å². The number of rotatable bonds is 5. The number of hydrogen-bond donors (Lipinski definition) is 2. The molecule has 1 amide bonds. The van der Waals surface area contributed by atoms with Crippen LogP contribution in [0.3, 0.4) is 0 Å². The molecule has 0 radical (unpaired) electrons. The van der Waals surface area contributed by atoms with E-state index < -0.39 is 47.6 Å². The van der Waals surface area contributed by atoms with Crippen LogP contribution >= 0.6 is 11.8 Å². The summed E-state index contributed by atoms with van der Waals surface area (Å²) >= 11 is -0.622. The van der Waals surface area contributed by atoms with E-state index in [0.29, 0.717) is 0 Å². The first-order chi connectivity index (χ1) is 6.76. The van der Waals surface area contributed by atoms with Gasteiger partial charge in [-0.3, -0.25) is 4.79 Å². The summed E-state index contributed by atoms with van der Waals surface area (Å²) in [5.74, 6) is -3.81. The standard InChI is InChI=1S/C6H7F4NO3S/c7-1-3(5(13)14)11-4(12)2-15-6(8,9)10/h3H,1-2H2,(H,11,12)(H,13,14). The number of hydrogen-bond acceptors (Lipinski definition) is 3. The van der Waals surface area contributed by atoms with Crippen molar-refractivity contribution >= 4 is 23.6 Å². The molecule has 0 saturated heterocycles. The van der Waals surface area contributed by atoms with Crippen LogP contribution in [0.1, 0.15) is 0 Å². The fourth-order valence-corrected chi connectivity index (χ4v) is 0.928. The maximum Gasteiger partial charge on any atom is 0.442 e. The number of carbonyl (C=O) groups is 2. The van der Waals surface area contributed by atoms with E-state index in [4.69, 9.17) is 5.11 Å². The van der Waals surface area contributed by atoms with Gasteiger partial charge in [-0.15, -0.1) is 0 Å². The molecule has 0 aromatic rings. The van der Waals surface area contributed by atoms with Gasteiger partial charge >= 0.3 is 11.5 Å². The normalized spacial score (nSPS) is 13.3. The minimum Gasteiger partial charge on any atom is -0.480 e. The van der Waals surface area contributed by atoms with Gasteiger partial charge in [0.2, 0.25) is 5.91 Å². The van der Waals surface area contributed by atoms with Gasteiger partial charge < -0.3 is 10.4 Å². The molecule has 0 aromatic heterocycles. The number of carboxylic acids is 1. The first-order valence-corrected chi connectivity index (χ1v) is 4.53. The monoisotopic (exact) mass is 249 g/mol. The predicted octanol–water partition coefficient (Wildman–Crippen LogP) is 0.778. The van der Waals surface area contributed by atoms with Gasteiger partial charge in [0.05, 0.1) is 5.75 Å². The van der Waals surface area contributed by atoms with Crippen molar-refractivity contribution in [2.75, 3.05) is 12.4 Å². The SMILES string of the molecule is O=C(CSC(F)(F)F)NC(CF)C(=O)O. The Balaban J connectivity index is 3.98. The third-order valence-electron chi connectivity index (χ3n) is 1.15. The molecule has 15 heavy (non-hydrogen) atoms.